The SMILES string of the molecule is COc1cc2nccc(Oc3ccc(CC(=O)c4cn(C5CCC5)cc(-c5ccc(F)cc5)c4=O)cc3F)c2nc1OC. The van der Waals surface area contributed by atoms with Gasteiger partial charge in [-0.3, -0.25) is 14.6 Å². The summed E-state index contributed by atoms with van der Waals surface area (Å²) in [4.78, 5) is 35.5. The van der Waals surface area contributed by atoms with Gasteiger partial charge in [0, 0.05) is 48.7 Å². The number of Topliss-reactive ketones (excluding diaryl/α,β-unsaturated/α-hetero) is 1. The summed E-state index contributed by atoms with van der Waals surface area (Å²) >= 11 is 0. The fourth-order valence-electron chi connectivity index (χ4n) is 5.05. The van der Waals surface area contributed by atoms with Crippen molar-refractivity contribution in [3.05, 3.63) is 106 Å². The van der Waals surface area contributed by atoms with Gasteiger partial charge in [-0.15, -0.1) is 0 Å². The third kappa shape index (κ3) is 5.55. The topological polar surface area (TPSA) is 92.5 Å². The normalized spacial score (nSPS) is 13.0. The lowest BCUT2D eigenvalue weighted by atomic mass is 9.91. The fraction of sp³-hybridized carbons (Fsp3) is 0.212. The molecule has 0 aliphatic heterocycles. The second kappa shape index (κ2) is 11.6. The minimum absolute atomic E-state index is 0.00756. The van der Waals surface area contributed by atoms with Gasteiger partial charge < -0.3 is 18.8 Å². The molecule has 0 bridgehead atoms. The van der Waals surface area contributed by atoms with Gasteiger partial charge in [-0.1, -0.05) is 18.2 Å². The number of carbonyl (C=O) groups excluding carboxylic acids is 1. The predicted octanol–water partition coefficient (Wildman–Crippen LogP) is 6.70. The van der Waals surface area contributed by atoms with Gasteiger partial charge in [0.05, 0.1) is 25.3 Å². The molecule has 10 heteroatoms. The molecule has 0 amide bonds. The average Bonchev–Trinajstić information content (AvgIpc) is 2.98. The molecule has 0 N–H and O–H groups in total. The van der Waals surface area contributed by atoms with Gasteiger partial charge in [0.1, 0.15) is 11.3 Å². The molecule has 1 fully saturated rings. The monoisotopic (exact) mass is 583 g/mol. The van der Waals surface area contributed by atoms with Crippen molar-refractivity contribution in [1.82, 2.24) is 14.5 Å². The third-order valence-electron chi connectivity index (χ3n) is 7.60. The number of halogens is 2. The minimum atomic E-state index is -0.692. The zero-order valence-corrected chi connectivity index (χ0v) is 23.5. The van der Waals surface area contributed by atoms with Crippen molar-refractivity contribution in [3.8, 4) is 34.3 Å². The molecule has 43 heavy (non-hydrogen) atoms. The Morgan fingerprint density at radius 1 is 0.953 bits per heavy atom. The highest BCUT2D eigenvalue weighted by Crippen LogP contribution is 2.35. The highest BCUT2D eigenvalue weighted by atomic mass is 19.1. The van der Waals surface area contributed by atoms with E-state index in [9.17, 15) is 14.0 Å². The van der Waals surface area contributed by atoms with Crippen LogP contribution in [0.15, 0.2) is 78.0 Å². The van der Waals surface area contributed by atoms with Crippen LogP contribution in [0.4, 0.5) is 8.78 Å². The van der Waals surface area contributed by atoms with E-state index in [1.165, 1.54) is 56.8 Å². The van der Waals surface area contributed by atoms with E-state index in [-0.39, 0.29) is 35.4 Å². The van der Waals surface area contributed by atoms with E-state index in [1.807, 2.05) is 4.57 Å². The molecule has 0 saturated heterocycles. The molecule has 0 unspecified atom stereocenters. The number of hydrogen-bond acceptors (Lipinski definition) is 7. The Bertz CT molecular complexity index is 1900. The zero-order valence-electron chi connectivity index (χ0n) is 23.5. The first-order valence-corrected chi connectivity index (χ1v) is 13.7. The Kier molecular flexibility index (Phi) is 7.58. The molecule has 6 rings (SSSR count). The molecule has 1 aliphatic carbocycles. The summed E-state index contributed by atoms with van der Waals surface area (Å²) in [7, 11) is 2.94. The van der Waals surface area contributed by atoms with Crippen LogP contribution in [0.25, 0.3) is 22.2 Å². The molecule has 0 radical (unpaired) electrons. The summed E-state index contributed by atoms with van der Waals surface area (Å²) in [5.74, 6) is -0.764. The van der Waals surface area contributed by atoms with Crippen molar-refractivity contribution in [3.63, 3.8) is 0 Å². The van der Waals surface area contributed by atoms with Crippen LogP contribution in [0.5, 0.6) is 23.1 Å². The Balaban J connectivity index is 1.28. The number of hydrogen-bond donors (Lipinski definition) is 0. The van der Waals surface area contributed by atoms with Gasteiger partial charge in [0.15, 0.2) is 34.3 Å². The van der Waals surface area contributed by atoms with E-state index in [2.05, 4.69) is 9.97 Å². The van der Waals surface area contributed by atoms with Crippen molar-refractivity contribution in [2.24, 2.45) is 0 Å². The third-order valence-corrected chi connectivity index (χ3v) is 7.60. The maximum Gasteiger partial charge on any atom is 0.257 e. The van der Waals surface area contributed by atoms with Crippen LogP contribution >= 0.6 is 0 Å². The first-order valence-electron chi connectivity index (χ1n) is 13.7. The number of methoxy groups -OCH3 is 2. The average molecular weight is 584 g/mol. The predicted molar refractivity (Wildman–Crippen MR) is 156 cm³/mol. The Morgan fingerprint density at radius 2 is 1.74 bits per heavy atom. The van der Waals surface area contributed by atoms with Gasteiger partial charge in [-0.05, 0) is 54.7 Å². The van der Waals surface area contributed by atoms with E-state index < -0.39 is 22.8 Å². The zero-order chi connectivity index (χ0) is 30.1. The van der Waals surface area contributed by atoms with E-state index in [0.717, 1.165) is 19.3 Å². The molecule has 5 aromatic rings. The first kappa shape index (κ1) is 28.0. The Labute approximate surface area is 245 Å². The maximum absolute atomic E-state index is 15.3. The second-order valence-electron chi connectivity index (χ2n) is 10.3. The molecule has 0 atom stereocenters. The van der Waals surface area contributed by atoms with Crippen molar-refractivity contribution in [2.75, 3.05) is 14.2 Å². The maximum atomic E-state index is 15.3. The number of ketones is 1. The molecule has 3 aromatic heterocycles. The van der Waals surface area contributed by atoms with Crippen LogP contribution in [0.2, 0.25) is 0 Å². The van der Waals surface area contributed by atoms with Gasteiger partial charge in [-0.25, -0.2) is 13.8 Å². The van der Waals surface area contributed by atoms with E-state index in [4.69, 9.17) is 14.2 Å². The number of aromatic nitrogens is 3. The summed E-state index contributed by atoms with van der Waals surface area (Å²) < 4.78 is 47.1. The van der Waals surface area contributed by atoms with Crippen LogP contribution in [0.1, 0.15) is 41.2 Å². The molecule has 3 heterocycles. The molecular weight excluding hydrogens is 556 g/mol. The molecule has 2 aromatic carbocycles. The standard InChI is InChI=1S/C33H27F2N3O5/c1-41-30-16-26-31(37-33(30)42-2)29(12-13-36-26)43-28-11-6-19(14-25(28)35)15-27(39)24-18-38(22-4-3-5-22)17-23(32(24)40)20-7-9-21(34)10-8-20/h6-14,16-18,22H,3-5,15H2,1-2H3. The minimum Gasteiger partial charge on any atom is -0.491 e. The lowest BCUT2D eigenvalue weighted by Crippen LogP contribution is -2.25. The van der Waals surface area contributed by atoms with Crippen molar-refractivity contribution in [2.45, 2.75) is 31.7 Å². The number of fused-ring (bicyclic) bond motifs is 1. The van der Waals surface area contributed by atoms with Gasteiger partial charge >= 0.3 is 0 Å². The molecule has 0 spiro atoms. The summed E-state index contributed by atoms with van der Waals surface area (Å²) in [5.41, 5.74) is 1.59. The van der Waals surface area contributed by atoms with Crippen LogP contribution < -0.4 is 19.6 Å². The highest BCUT2D eigenvalue weighted by Gasteiger charge is 2.23. The Hall–Kier alpha value is -5.12. The van der Waals surface area contributed by atoms with Gasteiger partial charge in [0.25, 0.3) is 5.88 Å². The van der Waals surface area contributed by atoms with Gasteiger partial charge in [-0.2, -0.15) is 0 Å². The lowest BCUT2D eigenvalue weighted by molar-refractivity contribution is 0.0990. The van der Waals surface area contributed by atoms with Crippen molar-refractivity contribution in [1.29, 1.82) is 0 Å². The van der Waals surface area contributed by atoms with Crippen LogP contribution in [0.3, 0.4) is 0 Å². The van der Waals surface area contributed by atoms with Crippen LogP contribution in [-0.2, 0) is 6.42 Å². The summed E-state index contributed by atoms with van der Waals surface area (Å²) in [5, 5.41) is 0. The van der Waals surface area contributed by atoms with E-state index >= 15 is 4.39 Å². The number of pyridine rings is 3. The highest BCUT2D eigenvalue weighted by molar-refractivity contribution is 5.98. The van der Waals surface area contributed by atoms with E-state index in [0.29, 0.717) is 33.5 Å². The quantitative estimate of drug-likeness (QED) is 0.178. The number of ether oxygens (including phenoxy) is 3. The number of nitrogens with zero attached hydrogens (tertiary/aromatic N) is 3. The number of carbonyl (C=O) groups is 1. The first-order chi connectivity index (χ1) is 20.8. The number of rotatable bonds is 9. The number of benzene rings is 2. The van der Waals surface area contributed by atoms with Crippen LogP contribution in [-0.4, -0.2) is 34.5 Å². The van der Waals surface area contributed by atoms with Gasteiger partial charge in [0.2, 0.25) is 0 Å². The lowest BCUT2D eigenvalue weighted by Gasteiger charge is -2.29. The summed E-state index contributed by atoms with van der Waals surface area (Å²) in [6, 6.07) is 13.2. The van der Waals surface area contributed by atoms with Crippen LogP contribution in [0, 0.1) is 11.6 Å². The molecule has 218 valence electrons. The summed E-state index contributed by atoms with van der Waals surface area (Å²) in [6.07, 6.45) is 7.56. The fourth-order valence-corrected chi connectivity index (χ4v) is 5.05. The molecule has 8 nitrogen and oxygen atoms in total. The van der Waals surface area contributed by atoms with Crippen molar-refractivity contribution >= 4 is 16.8 Å². The van der Waals surface area contributed by atoms with E-state index in [1.54, 1.807) is 30.6 Å². The second-order valence-corrected chi connectivity index (χ2v) is 10.3. The summed E-state index contributed by atoms with van der Waals surface area (Å²) in [6.45, 7) is 0. The van der Waals surface area contributed by atoms with Crippen molar-refractivity contribution < 1.29 is 27.8 Å². The molecule has 1 aliphatic rings. The smallest absolute Gasteiger partial charge is 0.257 e. The molecule has 1 saturated carbocycles. The molecular formula is C33H27F2N3O5. The largest absolute Gasteiger partial charge is 0.491 e. The Morgan fingerprint density at radius 3 is 2.42 bits per heavy atom.